The molecule has 40 heavy (non-hydrogen) atoms. The third-order valence-corrected chi connectivity index (χ3v) is 9.35. The van der Waals surface area contributed by atoms with E-state index in [1.807, 2.05) is 46.4 Å². The van der Waals surface area contributed by atoms with Gasteiger partial charge in [0.2, 0.25) is 5.91 Å². The zero-order valence-electron chi connectivity index (χ0n) is 24.4. The first-order valence-electron chi connectivity index (χ1n) is 13.8. The highest BCUT2D eigenvalue weighted by atomic mass is 35.5. The summed E-state index contributed by atoms with van der Waals surface area (Å²) in [5, 5.41) is 0.761. The minimum Gasteiger partial charge on any atom is -0.598 e. The maximum atomic E-state index is 13.4. The Bertz CT molecular complexity index is 1070. The predicted octanol–water partition coefficient (Wildman–Crippen LogP) is 6.15. The fourth-order valence-electron chi connectivity index (χ4n) is 4.93. The summed E-state index contributed by atoms with van der Waals surface area (Å²) in [5.74, 6) is 0.460. The van der Waals surface area contributed by atoms with E-state index in [2.05, 4.69) is 11.3 Å². The summed E-state index contributed by atoms with van der Waals surface area (Å²) in [6.45, 7) is 17.3. The van der Waals surface area contributed by atoms with Crippen LogP contribution in [0.25, 0.3) is 0 Å². The summed E-state index contributed by atoms with van der Waals surface area (Å²) < 4.78 is 27.5. The highest BCUT2D eigenvalue weighted by Crippen LogP contribution is 2.41. The molecule has 2 heterocycles. The van der Waals surface area contributed by atoms with Gasteiger partial charge >= 0.3 is 6.09 Å². The van der Waals surface area contributed by atoms with Crippen LogP contribution in [-0.4, -0.2) is 69.5 Å². The summed E-state index contributed by atoms with van der Waals surface area (Å²) >= 11 is 11.4. The van der Waals surface area contributed by atoms with E-state index in [1.165, 1.54) is 0 Å². The molecule has 1 aromatic rings. The van der Waals surface area contributed by atoms with Crippen molar-refractivity contribution in [3.8, 4) is 5.75 Å². The summed E-state index contributed by atoms with van der Waals surface area (Å²) in [6.07, 6.45) is 3.31. The molecule has 0 spiro atoms. The number of piperidine rings is 1. The van der Waals surface area contributed by atoms with Crippen molar-refractivity contribution in [2.45, 2.75) is 77.2 Å². The number of hydrogen-bond acceptors (Lipinski definition) is 6. The molecule has 2 saturated heterocycles. The van der Waals surface area contributed by atoms with Crippen molar-refractivity contribution in [1.29, 1.82) is 0 Å². The molecule has 0 bridgehead atoms. The fraction of sp³-hybridized carbons (Fsp3) is 0.655. The lowest BCUT2D eigenvalue weighted by Crippen LogP contribution is -2.47. The minimum atomic E-state index is -1.36. The maximum absolute atomic E-state index is 13.4. The molecule has 0 aromatic heterocycles. The molecule has 1 aromatic carbocycles. The number of rotatable bonds is 8. The predicted molar refractivity (Wildman–Crippen MR) is 161 cm³/mol. The lowest BCUT2D eigenvalue weighted by atomic mass is 9.85. The summed E-state index contributed by atoms with van der Waals surface area (Å²) in [5.41, 5.74) is 0.204. The largest absolute Gasteiger partial charge is 0.598 e. The number of likely N-dealkylation sites (tertiary alicyclic amines) is 2. The van der Waals surface area contributed by atoms with Crippen molar-refractivity contribution < 1.29 is 23.6 Å². The molecule has 2 aliphatic heterocycles. The van der Waals surface area contributed by atoms with Crippen LogP contribution in [0.2, 0.25) is 10.0 Å². The first kappa shape index (κ1) is 32.9. The molecule has 2 aliphatic rings. The number of nitrogens with zero attached hydrogens (tertiary/aromatic N) is 2. The third-order valence-electron chi connectivity index (χ3n) is 7.05. The Morgan fingerprint density at radius 1 is 1.10 bits per heavy atom. The molecule has 2 fully saturated rings. The first-order chi connectivity index (χ1) is 18.6. The van der Waals surface area contributed by atoms with Gasteiger partial charge in [0, 0.05) is 49.2 Å². The van der Waals surface area contributed by atoms with Crippen LogP contribution in [-0.2, 0) is 20.9 Å². The molecule has 11 heteroatoms. The summed E-state index contributed by atoms with van der Waals surface area (Å²) in [6, 6.07) is 3.13. The number of ether oxygens (including phenoxy) is 2. The number of halogens is 2. The second-order valence-electron chi connectivity index (χ2n) is 12.5. The Hall–Kier alpha value is -1.65. The van der Waals surface area contributed by atoms with Gasteiger partial charge in [-0.05, 0) is 72.8 Å². The second kappa shape index (κ2) is 13.6. The van der Waals surface area contributed by atoms with Gasteiger partial charge in [-0.2, -0.15) is 0 Å². The average Bonchev–Trinajstić information content (AvgIpc) is 3.36. The van der Waals surface area contributed by atoms with Crippen LogP contribution in [0.5, 0.6) is 5.75 Å². The van der Waals surface area contributed by atoms with Crippen LogP contribution in [0.4, 0.5) is 4.79 Å². The zero-order chi connectivity index (χ0) is 29.8. The number of benzene rings is 1. The topological polar surface area (TPSA) is 94.2 Å². The van der Waals surface area contributed by atoms with Crippen LogP contribution in [0, 0.1) is 11.8 Å². The SMILES string of the molecule is C=CCOc1cc(Cl)c(Cl)cc1[C@H](N[S+]([O-])C(C)(C)C)C1CCN(C(=O)[C@H]2CCN(C(=O)OC(C)(C)C)C2)CC1. The molecule has 2 amide bonds. The number of hydrogen-bond donors (Lipinski definition) is 1. The van der Waals surface area contributed by atoms with Gasteiger partial charge in [-0.3, -0.25) is 4.79 Å². The first-order valence-corrected chi connectivity index (χ1v) is 15.7. The van der Waals surface area contributed by atoms with Crippen molar-refractivity contribution in [3.63, 3.8) is 0 Å². The van der Waals surface area contributed by atoms with Gasteiger partial charge in [0.1, 0.15) is 22.7 Å². The maximum Gasteiger partial charge on any atom is 0.410 e. The second-order valence-corrected chi connectivity index (χ2v) is 15.3. The number of carbonyl (C=O) groups excluding carboxylic acids is 2. The Kier molecular flexibility index (Phi) is 11.1. The van der Waals surface area contributed by atoms with Crippen molar-refractivity contribution in [1.82, 2.24) is 14.5 Å². The molecule has 0 saturated carbocycles. The van der Waals surface area contributed by atoms with E-state index in [-0.39, 0.29) is 36.5 Å². The summed E-state index contributed by atoms with van der Waals surface area (Å²) in [7, 11) is 0. The molecule has 0 radical (unpaired) electrons. The van der Waals surface area contributed by atoms with E-state index in [4.69, 9.17) is 32.7 Å². The van der Waals surface area contributed by atoms with E-state index in [9.17, 15) is 14.1 Å². The summed E-state index contributed by atoms with van der Waals surface area (Å²) in [4.78, 5) is 29.4. The van der Waals surface area contributed by atoms with Gasteiger partial charge in [-0.15, -0.1) is 4.72 Å². The molecule has 1 N–H and O–H groups in total. The van der Waals surface area contributed by atoms with Crippen LogP contribution in [0.15, 0.2) is 24.8 Å². The molecule has 3 atom stereocenters. The number of carbonyl (C=O) groups is 2. The molecule has 224 valence electrons. The normalized spacial score (nSPS) is 20.3. The van der Waals surface area contributed by atoms with E-state index < -0.39 is 21.7 Å². The van der Waals surface area contributed by atoms with Gasteiger partial charge in [0.25, 0.3) is 0 Å². The monoisotopic (exact) mass is 615 g/mol. The standard InChI is InChI=1S/C29H43Cl2N3O5S/c1-8-15-38-24-17-23(31)22(30)16-21(24)25(32-40(37)29(5,6)7)19-9-12-33(13-10-19)26(35)20-11-14-34(18-20)27(36)39-28(2,3)4/h8,16-17,19-20,25,32H,1,9-15,18H2,2-7H3/t20-,25+,40?/m0/s1. The Balaban J connectivity index is 1.74. The quantitative estimate of drug-likeness (QED) is 0.278. The molecular formula is C29H43Cl2N3O5S. The Morgan fingerprint density at radius 2 is 1.70 bits per heavy atom. The van der Waals surface area contributed by atoms with Gasteiger partial charge in [0.05, 0.1) is 22.0 Å². The zero-order valence-corrected chi connectivity index (χ0v) is 26.8. The van der Waals surface area contributed by atoms with Crippen molar-refractivity contribution in [3.05, 3.63) is 40.4 Å². The van der Waals surface area contributed by atoms with E-state index >= 15 is 0 Å². The van der Waals surface area contributed by atoms with Gasteiger partial charge in [-0.1, -0.05) is 35.9 Å². The fourth-order valence-corrected chi connectivity index (χ4v) is 6.16. The van der Waals surface area contributed by atoms with Crippen molar-refractivity contribution >= 4 is 46.6 Å². The lowest BCUT2D eigenvalue weighted by Gasteiger charge is -2.38. The Labute approximate surface area is 252 Å². The molecule has 8 nitrogen and oxygen atoms in total. The van der Waals surface area contributed by atoms with Crippen molar-refractivity contribution in [2.75, 3.05) is 32.8 Å². The average molecular weight is 617 g/mol. The highest BCUT2D eigenvalue weighted by Gasteiger charge is 2.40. The van der Waals surface area contributed by atoms with Crippen molar-refractivity contribution in [2.24, 2.45) is 11.8 Å². The highest BCUT2D eigenvalue weighted by molar-refractivity contribution is 7.90. The van der Waals surface area contributed by atoms with Gasteiger partial charge in [-0.25, -0.2) is 4.79 Å². The molecule has 0 aliphatic carbocycles. The number of amides is 2. The van der Waals surface area contributed by atoms with Gasteiger partial charge in [0.15, 0.2) is 0 Å². The minimum absolute atomic E-state index is 0.0665. The third kappa shape index (κ3) is 8.68. The van der Waals surface area contributed by atoms with Crippen LogP contribution < -0.4 is 9.46 Å². The van der Waals surface area contributed by atoms with Crippen LogP contribution >= 0.6 is 23.2 Å². The molecular weight excluding hydrogens is 573 g/mol. The lowest BCUT2D eigenvalue weighted by molar-refractivity contribution is -0.136. The van der Waals surface area contributed by atoms with E-state index in [0.717, 1.165) is 5.56 Å². The van der Waals surface area contributed by atoms with Gasteiger partial charge < -0.3 is 23.8 Å². The van der Waals surface area contributed by atoms with E-state index in [1.54, 1.807) is 23.1 Å². The molecule has 1 unspecified atom stereocenters. The van der Waals surface area contributed by atoms with Crippen LogP contribution in [0.1, 0.15) is 72.4 Å². The van der Waals surface area contributed by atoms with Crippen LogP contribution in [0.3, 0.4) is 0 Å². The number of nitrogens with one attached hydrogen (secondary N) is 1. The Morgan fingerprint density at radius 3 is 2.27 bits per heavy atom. The molecule has 3 rings (SSSR count). The van der Waals surface area contributed by atoms with E-state index in [0.29, 0.717) is 61.2 Å². The smallest absolute Gasteiger partial charge is 0.410 e.